The minimum Gasteiger partial charge on any atom is -0.485 e. The summed E-state index contributed by atoms with van der Waals surface area (Å²) in [4.78, 5) is 17.6. The molecule has 5 heteroatoms. The van der Waals surface area contributed by atoms with Crippen molar-refractivity contribution < 1.29 is 14.3 Å². The molecule has 0 aromatic carbocycles. The highest BCUT2D eigenvalue weighted by Crippen LogP contribution is 2.25. The number of nitrogens with zero attached hydrogens (tertiary/aromatic N) is 2. The summed E-state index contributed by atoms with van der Waals surface area (Å²) >= 11 is 0. The average molecular weight is 264 g/mol. The molecule has 0 bridgehead atoms. The number of likely N-dealkylation sites (tertiary alicyclic amines) is 1. The number of hydrogen-bond donors (Lipinski definition) is 0. The molecule has 5 nitrogen and oxygen atoms in total. The maximum absolute atomic E-state index is 11.9. The van der Waals surface area contributed by atoms with Gasteiger partial charge in [0.1, 0.15) is 17.5 Å². The van der Waals surface area contributed by atoms with Crippen molar-refractivity contribution in [3.8, 4) is 5.75 Å². The van der Waals surface area contributed by atoms with Crippen molar-refractivity contribution in [3.05, 3.63) is 24.5 Å². The van der Waals surface area contributed by atoms with E-state index >= 15 is 0 Å². The molecule has 1 aromatic heterocycles. The molecule has 0 unspecified atom stereocenters. The van der Waals surface area contributed by atoms with Gasteiger partial charge in [-0.1, -0.05) is 0 Å². The third kappa shape index (κ3) is 3.36. The Bertz CT molecular complexity index is 442. The van der Waals surface area contributed by atoms with Crippen LogP contribution in [0.2, 0.25) is 0 Å². The first-order valence-electron chi connectivity index (χ1n) is 6.43. The van der Waals surface area contributed by atoms with Crippen LogP contribution in [0.4, 0.5) is 4.79 Å². The van der Waals surface area contributed by atoms with Crippen molar-refractivity contribution >= 4 is 6.09 Å². The van der Waals surface area contributed by atoms with Gasteiger partial charge in [0.15, 0.2) is 0 Å². The van der Waals surface area contributed by atoms with Crippen molar-refractivity contribution in [2.75, 3.05) is 6.54 Å². The van der Waals surface area contributed by atoms with Crippen LogP contribution in [0.1, 0.15) is 27.7 Å². The second kappa shape index (κ2) is 5.07. The lowest BCUT2D eigenvalue weighted by Gasteiger charge is -2.45. The Balaban J connectivity index is 1.86. The molecule has 2 heterocycles. The van der Waals surface area contributed by atoms with Crippen LogP contribution in [-0.2, 0) is 4.74 Å². The standard InChI is InChI=1S/C14H20N2O3/c1-10-12(18-11-6-5-7-15-8-11)9-16(10)13(17)19-14(2,3)4/h5-8,10,12H,9H2,1-4H3/t10-,12-/m0/s1. The second-order valence-corrected chi connectivity index (χ2v) is 5.72. The van der Waals surface area contributed by atoms with Crippen LogP contribution in [-0.4, -0.2) is 40.3 Å². The number of rotatable bonds is 2. The Kier molecular flexibility index (Phi) is 3.64. The van der Waals surface area contributed by atoms with Crippen molar-refractivity contribution in [2.45, 2.75) is 45.4 Å². The Morgan fingerprint density at radius 2 is 2.21 bits per heavy atom. The van der Waals surface area contributed by atoms with Crippen LogP contribution in [0.25, 0.3) is 0 Å². The van der Waals surface area contributed by atoms with Crippen LogP contribution < -0.4 is 4.74 Å². The van der Waals surface area contributed by atoms with Crippen LogP contribution >= 0.6 is 0 Å². The predicted octanol–water partition coefficient (Wildman–Crippen LogP) is 2.47. The van der Waals surface area contributed by atoms with Gasteiger partial charge in [0.05, 0.1) is 18.8 Å². The lowest BCUT2D eigenvalue weighted by atomic mass is 10.0. The molecule has 1 fully saturated rings. The highest BCUT2D eigenvalue weighted by Gasteiger charge is 2.42. The number of amides is 1. The van der Waals surface area contributed by atoms with E-state index in [0.717, 1.165) is 5.75 Å². The minimum absolute atomic E-state index is 0.00304. The zero-order chi connectivity index (χ0) is 14.0. The Labute approximate surface area is 113 Å². The van der Waals surface area contributed by atoms with Gasteiger partial charge in [-0.05, 0) is 39.8 Å². The maximum atomic E-state index is 11.9. The third-order valence-corrected chi connectivity index (χ3v) is 2.96. The highest BCUT2D eigenvalue weighted by molar-refractivity contribution is 5.70. The summed E-state index contributed by atoms with van der Waals surface area (Å²) < 4.78 is 11.1. The molecule has 104 valence electrons. The lowest BCUT2D eigenvalue weighted by Crippen LogP contribution is -2.63. The zero-order valence-electron chi connectivity index (χ0n) is 11.8. The van der Waals surface area contributed by atoms with E-state index in [0.29, 0.717) is 6.54 Å². The predicted molar refractivity (Wildman–Crippen MR) is 71.1 cm³/mol. The summed E-state index contributed by atoms with van der Waals surface area (Å²) in [6, 6.07) is 3.69. The SMILES string of the molecule is C[C@H]1[C@@H](Oc2cccnc2)CN1C(=O)OC(C)(C)C. The smallest absolute Gasteiger partial charge is 0.410 e. The molecule has 0 spiro atoms. The average Bonchev–Trinajstić information content (AvgIpc) is 2.32. The first-order valence-corrected chi connectivity index (χ1v) is 6.43. The van der Waals surface area contributed by atoms with Gasteiger partial charge in [-0.25, -0.2) is 4.79 Å². The summed E-state index contributed by atoms with van der Waals surface area (Å²) in [5, 5.41) is 0. The van der Waals surface area contributed by atoms with Gasteiger partial charge >= 0.3 is 6.09 Å². The molecule has 2 atom stereocenters. The molecule has 0 radical (unpaired) electrons. The van der Waals surface area contributed by atoms with E-state index in [-0.39, 0.29) is 18.2 Å². The van der Waals surface area contributed by atoms with Gasteiger partial charge in [-0.15, -0.1) is 0 Å². The molecule has 1 amide bonds. The molecule has 0 aliphatic carbocycles. The molecule has 1 saturated heterocycles. The van der Waals surface area contributed by atoms with E-state index in [4.69, 9.17) is 9.47 Å². The van der Waals surface area contributed by atoms with Crippen LogP contribution in [0, 0.1) is 0 Å². The molecular weight excluding hydrogens is 244 g/mol. The number of aromatic nitrogens is 1. The molecule has 0 N–H and O–H groups in total. The van der Waals surface area contributed by atoms with Gasteiger partial charge < -0.3 is 9.47 Å². The number of pyridine rings is 1. The van der Waals surface area contributed by atoms with Gasteiger partial charge in [-0.3, -0.25) is 9.88 Å². The van der Waals surface area contributed by atoms with E-state index in [1.165, 1.54) is 0 Å². The minimum atomic E-state index is -0.466. The second-order valence-electron chi connectivity index (χ2n) is 5.72. The Morgan fingerprint density at radius 1 is 1.47 bits per heavy atom. The number of hydrogen-bond acceptors (Lipinski definition) is 4. The van der Waals surface area contributed by atoms with Crippen molar-refractivity contribution in [3.63, 3.8) is 0 Å². The van der Waals surface area contributed by atoms with Crippen LogP contribution in [0.3, 0.4) is 0 Å². The van der Waals surface area contributed by atoms with Crippen LogP contribution in [0.15, 0.2) is 24.5 Å². The van der Waals surface area contributed by atoms with Crippen molar-refractivity contribution in [1.29, 1.82) is 0 Å². The largest absolute Gasteiger partial charge is 0.485 e. The first kappa shape index (κ1) is 13.6. The van der Waals surface area contributed by atoms with Gasteiger partial charge in [0.25, 0.3) is 0 Å². The topological polar surface area (TPSA) is 51.7 Å². The Hall–Kier alpha value is -1.78. The van der Waals surface area contributed by atoms with E-state index in [1.807, 2.05) is 39.8 Å². The van der Waals surface area contributed by atoms with E-state index in [1.54, 1.807) is 17.3 Å². The number of carbonyl (C=O) groups excluding carboxylic acids is 1. The number of carbonyl (C=O) groups is 1. The van der Waals surface area contributed by atoms with Crippen LogP contribution in [0.5, 0.6) is 5.75 Å². The summed E-state index contributed by atoms with van der Waals surface area (Å²) in [5.74, 6) is 0.725. The molecule has 0 saturated carbocycles. The molecular formula is C14H20N2O3. The van der Waals surface area contributed by atoms with Gasteiger partial charge in [-0.2, -0.15) is 0 Å². The summed E-state index contributed by atoms with van der Waals surface area (Å²) in [5.41, 5.74) is -0.466. The molecule has 1 aromatic rings. The molecule has 2 rings (SSSR count). The highest BCUT2D eigenvalue weighted by atomic mass is 16.6. The third-order valence-electron chi connectivity index (χ3n) is 2.96. The summed E-state index contributed by atoms with van der Waals surface area (Å²) in [7, 11) is 0. The normalized spacial score (nSPS) is 22.6. The van der Waals surface area contributed by atoms with Crippen molar-refractivity contribution in [1.82, 2.24) is 9.88 Å². The van der Waals surface area contributed by atoms with E-state index < -0.39 is 5.60 Å². The van der Waals surface area contributed by atoms with Gasteiger partial charge in [0, 0.05) is 6.20 Å². The monoisotopic (exact) mass is 264 g/mol. The Morgan fingerprint density at radius 3 is 2.74 bits per heavy atom. The molecule has 1 aliphatic rings. The number of ether oxygens (including phenoxy) is 2. The summed E-state index contributed by atoms with van der Waals surface area (Å²) in [6.45, 7) is 8.08. The first-order chi connectivity index (χ1) is 8.87. The maximum Gasteiger partial charge on any atom is 0.410 e. The fourth-order valence-electron chi connectivity index (χ4n) is 1.86. The molecule has 19 heavy (non-hydrogen) atoms. The fraction of sp³-hybridized carbons (Fsp3) is 0.571. The van der Waals surface area contributed by atoms with Gasteiger partial charge in [0.2, 0.25) is 0 Å². The lowest BCUT2D eigenvalue weighted by molar-refractivity contribution is -0.0537. The molecule has 1 aliphatic heterocycles. The van der Waals surface area contributed by atoms with E-state index in [2.05, 4.69) is 4.98 Å². The fourth-order valence-corrected chi connectivity index (χ4v) is 1.86. The van der Waals surface area contributed by atoms with E-state index in [9.17, 15) is 4.79 Å². The summed E-state index contributed by atoms with van der Waals surface area (Å²) in [6.07, 6.45) is 3.08. The zero-order valence-corrected chi connectivity index (χ0v) is 11.8. The van der Waals surface area contributed by atoms with Crippen molar-refractivity contribution in [2.24, 2.45) is 0 Å². The quantitative estimate of drug-likeness (QED) is 0.823.